The third kappa shape index (κ3) is 7.30. The second-order valence-corrected chi connectivity index (χ2v) is 13.2. The van der Waals surface area contributed by atoms with Gasteiger partial charge in [-0.25, -0.2) is 0 Å². The zero-order chi connectivity index (χ0) is 32.8. The smallest absolute Gasteiger partial charge is 0.238 e. The van der Waals surface area contributed by atoms with Crippen molar-refractivity contribution in [2.75, 3.05) is 16.8 Å². The van der Waals surface area contributed by atoms with Gasteiger partial charge in [0.05, 0.1) is 30.2 Å². The van der Waals surface area contributed by atoms with Crippen molar-refractivity contribution in [1.29, 1.82) is 0 Å². The second-order valence-electron chi connectivity index (χ2n) is 12.3. The van der Waals surface area contributed by atoms with Gasteiger partial charge in [0.2, 0.25) is 11.8 Å². The molecular weight excluding hydrogens is 644 g/mol. The molecule has 0 aromatic heterocycles. The van der Waals surface area contributed by atoms with Crippen molar-refractivity contribution in [3.63, 3.8) is 0 Å². The number of fused-ring (bicyclic) bond motifs is 1. The Hall–Kier alpha value is -3.72. The van der Waals surface area contributed by atoms with Gasteiger partial charge in [0.15, 0.2) is 0 Å². The van der Waals surface area contributed by atoms with Gasteiger partial charge in [-0.15, -0.1) is 0 Å². The fourth-order valence-electron chi connectivity index (χ4n) is 7.06. The number of hydrogen-bond donors (Lipinski definition) is 4. The number of para-hydroxylation sites is 1. The highest BCUT2D eigenvalue weighted by atomic mass is 79.9. The van der Waals surface area contributed by atoms with E-state index >= 15 is 0 Å². The number of carbonyl (C=O) groups excluding carboxylic acids is 2. The predicted octanol–water partition coefficient (Wildman–Crippen LogP) is 8.14. The van der Waals surface area contributed by atoms with Crippen LogP contribution in [0.2, 0.25) is 0 Å². The number of aromatic hydroxyl groups is 1. The Morgan fingerprint density at radius 2 is 1.70 bits per heavy atom. The van der Waals surface area contributed by atoms with E-state index in [-0.39, 0.29) is 24.2 Å². The van der Waals surface area contributed by atoms with E-state index in [0.29, 0.717) is 36.9 Å². The van der Waals surface area contributed by atoms with Gasteiger partial charge < -0.3 is 20.6 Å². The maximum absolute atomic E-state index is 14.0. The third-order valence-corrected chi connectivity index (χ3v) is 9.63. The molecule has 3 aromatic carbocycles. The Labute approximate surface area is 279 Å². The summed E-state index contributed by atoms with van der Waals surface area (Å²) in [6.45, 7) is 3.83. The molecule has 2 aliphatic rings. The zero-order valence-electron chi connectivity index (χ0n) is 26.5. The molecule has 1 aliphatic heterocycles. The van der Waals surface area contributed by atoms with E-state index < -0.39 is 23.9 Å². The molecule has 8 heteroatoms. The maximum Gasteiger partial charge on any atom is 0.238 e. The van der Waals surface area contributed by atoms with Crippen LogP contribution in [-0.2, 0) is 9.59 Å². The largest absolute Gasteiger partial charge is 0.507 e. The number of imide groups is 1. The van der Waals surface area contributed by atoms with Gasteiger partial charge in [0, 0.05) is 27.3 Å². The average molecular weight is 688 g/mol. The first-order chi connectivity index (χ1) is 22.2. The van der Waals surface area contributed by atoms with Crippen LogP contribution in [-0.4, -0.2) is 39.8 Å². The SMILES string of the molecule is CCCC1=C([C@H](O)CC/C(=C/c2cc(Br)ccc2O)CCC)[C@H](CO)[C@@H]2C(=O)N(c3ccc(Nc4ccccc4)cc3)C(=O)[C@@H]2C1. The molecule has 1 heterocycles. The Balaban J connectivity index is 1.37. The van der Waals surface area contributed by atoms with Crippen molar-refractivity contribution in [3.05, 3.63) is 99.6 Å². The van der Waals surface area contributed by atoms with Crippen molar-refractivity contribution in [3.8, 4) is 5.75 Å². The van der Waals surface area contributed by atoms with E-state index in [2.05, 4.69) is 35.1 Å². The molecule has 0 spiro atoms. The zero-order valence-corrected chi connectivity index (χ0v) is 28.0. The van der Waals surface area contributed by atoms with Gasteiger partial charge in [0.25, 0.3) is 0 Å². The normalized spacial score (nSPS) is 20.7. The molecule has 0 radical (unpaired) electrons. The third-order valence-electron chi connectivity index (χ3n) is 9.14. The average Bonchev–Trinajstić information content (AvgIpc) is 3.30. The van der Waals surface area contributed by atoms with E-state index in [4.69, 9.17) is 0 Å². The van der Waals surface area contributed by atoms with Gasteiger partial charge in [0.1, 0.15) is 5.75 Å². The lowest BCUT2D eigenvalue weighted by atomic mass is 9.67. The lowest BCUT2D eigenvalue weighted by molar-refractivity contribution is -0.123. The van der Waals surface area contributed by atoms with Crippen molar-refractivity contribution >= 4 is 50.9 Å². The molecule has 242 valence electrons. The highest BCUT2D eigenvalue weighted by Gasteiger charge is 2.55. The summed E-state index contributed by atoms with van der Waals surface area (Å²) in [7, 11) is 0. The van der Waals surface area contributed by atoms with Crippen LogP contribution in [0.1, 0.15) is 64.4 Å². The number of aliphatic hydroxyl groups is 2. The molecule has 3 aromatic rings. The number of nitrogens with one attached hydrogen (secondary N) is 1. The van der Waals surface area contributed by atoms with Crippen LogP contribution in [0.4, 0.5) is 17.1 Å². The van der Waals surface area contributed by atoms with E-state index in [0.717, 1.165) is 51.8 Å². The van der Waals surface area contributed by atoms with Crippen LogP contribution in [0.15, 0.2) is 94.0 Å². The van der Waals surface area contributed by atoms with Crippen molar-refractivity contribution in [1.82, 2.24) is 0 Å². The minimum atomic E-state index is -0.865. The minimum absolute atomic E-state index is 0.194. The molecular formula is C38H43BrN2O5. The fourth-order valence-corrected chi connectivity index (χ4v) is 7.44. The Morgan fingerprint density at radius 3 is 2.37 bits per heavy atom. The van der Waals surface area contributed by atoms with E-state index in [1.807, 2.05) is 54.6 Å². The van der Waals surface area contributed by atoms with Gasteiger partial charge >= 0.3 is 0 Å². The first-order valence-electron chi connectivity index (χ1n) is 16.2. The first-order valence-corrected chi connectivity index (χ1v) is 17.0. The van der Waals surface area contributed by atoms with Crippen LogP contribution >= 0.6 is 15.9 Å². The first kappa shape index (κ1) is 33.6. The van der Waals surface area contributed by atoms with E-state index in [1.165, 1.54) is 4.90 Å². The maximum atomic E-state index is 14.0. The van der Waals surface area contributed by atoms with Crippen LogP contribution in [0.25, 0.3) is 6.08 Å². The fraction of sp³-hybridized carbons (Fsp3) is 0.368. The number of phenols is 1. The standard InChI is InChI=1S/C38H43BrN2O5/c1-3-8-24(20-26-21-27(39)13-19-33(26)43)12-18-34(44)35-25(9-4-2)22-31-36(32(35)23-42)38(46)41(37(31)45)30-16-14-29(15-17-30)40-28-10-6-5-7-11-28/h5-7,10-11,13-17,19-21,31-32,34,36,40,42-44H,3-4,8-9,12,18,22-23H2,1-2H3/b24-20+/t31-,32+,34-,36-/m1/s1. The van der Waals surface area contributed by atoms with Crippen LogP contribution in [0, 0.1) is 17.8 Å². The van der Waals surface area contributed by atoms with Gasteiger partial charge in [-0.2, -0.15) is 0 Å². The van der Waals surface area contributed by atoms with Crippen LogP contribution in [0.3, 0.4) is 0 Å². The molecule has 5 rings (SSSR count). The summed E-state index contributed by atoms with van der Waals surface area (Å²) in [5.74, 6) is -2.31. The molecule has 1 fully saturated rings. The molecule has 4 atom stereocenters. The number of amides is 2. The summed E-state index contributed by atoms with van der Waals surface area (Å²) in [4.78, 5) is 29.1. The molecule has 46 heavy (non-hydrogen) atoms. The summed E-state index contributed by atoms with van der Waals surface area (Å²) in [6, 6.07) is 22.3. The quantitative estimate of drug-likeness (QED) is 0.107. The summed E-state index contributed by atoms with van der Waals surface area (Å²) in [5.41, 5.74) is 5.79. The number of halogens is 1. The number of nitrogens with zero attached hydrogens (tertiary/aromatic N) is 1. The van der Waals surface area contributed by atoms with Crippen molar-refractivity contribution < 1.29 is 24.9 Å². The van der Waals surface area contributed by atoms with Crippen molar-refractivity contribution in [2.45, 2.75) is 64.9 Å². The molecule has 0 saturated carbocycles. The molecule has 7 nitrogen and oxygen atoms in total. The molecule has 0 unspecified atom stereocenters. The Morgan fingerprint density at radius 1 is 0.978 bits per heavy atom. The van der Waals surface area contributed by atoms with Crippen molar-refractivity contribution in [2.24, 2.45) is 17.8 Å². The number of aliphatic hydroxyl groups excluding tert-OH is 2. The number of phenolic OH excluding ortho intramolecular Hbond substituents is 1. The van der Waals surface area contributed by atoms with Gasteiger partial charge in [-0.3, -0.25) is 14.5 Å². The number of hydrogen-bond acceptors (Lipinski definition) is 6. The monoisotopic (exact) mass is 686 g/mol. The number of anilines is 3. The summed E-state index contributed by atoms with van der Waals surface area (Å²) < 4.78 is 0.869. The lowest BCUT2D eigenvalue weighted by Crippen LogP contribution is -2.39. The Kier molecular flexibility index (Phi) is 11.1. The van der Waals surface area contributed by atoms with E-state index in [1.54, 1.807) is 24.3 Å². The number of carbonyl (C=O) groups is 2. The number of benzene rings is 3. The summed E-state index contributed by atoms with van der Waals surface area (Å²) in [6.07, 6.45) is 5.78. The topological polar surface area (TPSA) is 110 Å². The van der Waals surface area contributed by atoms with Crippen LogP contribution < -0.4 is 10.2 Å². The van der Waals surface area contributed by atoms with E-state index in [9.17, 15) is 24.9 Å². The lowest BCUT2D eigenvalue weighted by Gasteiger charge is -2.36. The number of allylic oxidation sites excluding steroid dienone is 2. The highest BCUT2D eigenvalue weighted by Crippen LogP contribution is 2.48. The predicted molar refractivity (Wildman–Crippen MR) is 187 cm³/mol. The number of rotatable bonds is 13. The molecule has 4 N–H and O–H groups in total. The van der Waals surface area contributed by atoms with Crippen LogP contribution in [0.5, 0.6) is 5.75 Å². The minimum Gasteiger partial charge on any atom is -0.507 e. The van der Waals surface area contributed by atoms with Gasteiger partial charge in [-0.1, -0.05) is 78.0 Å². The molecule has 2 amide bonds. The summed E-state index contributed by atoms with van der Waals surface area (Å²) in [5, 5.41) is 36.1. The Bertz CT molecular complexity index is 1600. The molecule has 1 saturated heterocycles. The summed E-state index contributed by atoms with van der Waals surface area (Å²) >= 11 is 3.47. The second kappa shape index (κ2) is 15.2. The molecule has 1 aliphatic carbocycles. The van der Waals surface area contributed by atoms with Gasteiger partial charge in [-0.05, 0) is 92.3 Å². The molecule has 0 bridgehead atoms. The highest BCUT2D eigenvalue weighted by molar-refractivity contribution is 9.10.